The van der Waals surface area contributed by atoms with E-state index in [4.69, 9.17) is 4.74 Å². The lowest BCUT2D eigenvalue weighted by molar-refractivity contribution is 0.199. The quantitative estimate of drug-likeness (QED) is 0.915. The second-order valence-corrected chi connectivity index (χ2v) is 5.33. The van der Waals surface area contributed by atoms with Gasteiger partial charge < -0.3 is 9.84 Å². The Bertz CT molecular complexity index is 503. The predicted molar refractivity (Wildman–Crippen MR) is 73.9 cm³/mol. The Morgan fingerprint density at radius 1 is 1.17 bits per heavy atom. The number of nitrogens with zero attached hydrogens (tertiary/aromatic N) is 1. The summed E-state index contributed by atoms with van der Waals surface area (Å²) in [6.07, 6.45) is -0.329. The number of aromatic nitrogens is 1. The first-order chi connectivity index (χ1) is 8.56. The lowest BCUT2D eigenvalue weighted by Crippen LogP contribution is -2.05. The summed E-state index contributed by atoms with van der Waals surface area (Å²) in [6.45, 7) is 5.73. The van der Waals surface area contributed by atoms with E-state index < -0.39 is 6.10 Å². The van der Waals surface area contributed by atoms with Crippen molar-refractivity contribution in [2.45, 2.75) is 33.0 Å². The van der Waals surface area contributed by atoms with Crippen molar-refractivity contribution in [3.8, 4) is 17.0 Å². The van der Waals surface area contributed by atoms with Gasteiger partial charge in [-0.25, -0.2) is 4.98 Å². The van der Waals surface area contributed by atoms with Gasteiger partial charge >= 0.3 is 0 Å². The maximum atomic E-state index is 9.46. The van der Waals surface area contributed by atoms with Crippen molar-refractivity contribution in [2.75, 3.05) is 0 Å². The van der Waals surface area contributed by atoms with E-state index in [1.54, 1.807) is 6.92 Å². The number of rotatable bonds is 4. The number of thiazole rings is 1. The van der Waals surface area contributed by atoms with Crippen LogP contribution >= 0.6 is 11.3 Å². The molecule has 1 N–H and O–H groups in total. The van der Waals surface area contributed by atoms with Gasteiger partial charge in [-0.05, 0) is 45.0 Å². The van der Waals surface area contributed by atoms with Crippen LogP contribution < -0.4 is 4.74 Å². The first kappa shape index (κ1) is 13.1. The molecule has 4 heteroatoms. The topological polar surface area (TPSA) is 42.4 Å². The highest BCUT2D eigenvalue weighted by atomic mass is 32.1. The second kappa shape index (κ2) is 5.50. The Labute approximate surface area is 111 Å². The maximum absolute atomic E-state index is 9.46. The van der Waals surface area contributed by atoms with Crippen LogP contribution in [-0.4, -0.2) is 16.2 Å². The fourth-order valence-electron chi connectivity index (χ4n) is 1.59. The van der Waals surface area contributed by atoms with E-state index in [0.717, 1.165) is 22.0 Å². The van der Waals surface area contributed by atoms with Gasteiger partial charge in [0.2, 0.25) is 0 Å². The summed E-state index contributed by atoms with van der Waals surface area (Å²) in [4.78, 5) is 4.40. The van der Waals surface area contributed by atoms with E-state index in [1.165, 1.54) is 11.3 Å². The van der Waals surface area contributed by atoms with Gasteiger partial charge in [0, 0.05) is 10.9 Å². The summed E-state index contributed by atoms with van der Waals surface area (Å²) >= 11 is 1.47. The van der Waals surface area contributed by atoms with Gasteiger partial charge in [-0.2, -0.15) is 0 Å². The van der Waals surface area contributed by atoms with Crippen LogP contribution in [0.4, 0.5) is 0 Å². The minimum absolute atomic E-state index is 0.178. The van der Waals surface area contributed by atoms with Crippen LogP contribution in [0.25, 0.3) is 11.3 Å². The van der Waals surface area contributed by atoms with Crippen molar-refractivity contribution in [1.29, 1.82) is 0 Å². The minimum atomic E-state index is -0.507. The van der Waals surface area contributed by atoms with Gasteiger partial charge in [0.05, 0.1) is 11.8 Å². The van der Waals surface area contributed by atoms with Crippen LogP contribution in [0.1, 0.15) is 31.9 Å². The Hall–Kier alpha value is -1.39. The standard InChI is InChI=1S/C14H17NO2S/c1-9(2)17-12-6-4-11(5-7-12)13-8-18-14(15-13)10(3)16/h4-10,16H,1-3H3. The summed E-state index contributed by atoms with van der Waals surface area (Å²) in [7, 11) is 0. The van der Waals surface area contributed by atoms with E-state index in [2.05, 4.69) is 4.98 Å². The molecule has 0 saturated heterocycles. The van der Waals surface area contributed by atoms with Crippen LogP contribution in [0.2, 0.25) is 0 Å². The van der Waals surface area contributed by atoms with Crippen molar-refractivity contribution in [3.63, 3.8) is 0 Å². The van der Waals surface area contributed by atoms with Gasteiger partial charge in [-0.1, -0.05) is 0 Å². The minimum Gasteiger partial charge on any atom is -0.491 e. The molecule has 0 aliphatic carbocycles. The normalized spacial score (nSPS) is 12.7. The van der Waals surface area contributed by atoms with Crippen molar-refractivity contribution in [1.82, 2.24) is 4.98 Å². The van der Waals surface area contributed by atoms with Crippen LogP contribution in [0.5, 0.6) is 5.75 Å². The summed E-state index contributed by atoms with van der Waals surface area (Å²) in [6, 6.07) is 7.85. The zero-order chi connectivity index (χ0) is 13.1. The summed E-state index contributed by atoms with van der Waals surface area (Å²) in [5, 5.41) is 12.2. The third-order valence-corrected chi connectivity index (χ3v) is 3.42. The molecule has 2 aromatic rings. The monoisotopic (exact) mass is 263 g/mol. The molecule has 18 heavy (non-hydrogen) atoms. The van der Waals surface area contributed by atoms with Gasteiger partial charge in [-0.3, -0.25) is 0 Å². The highest BCUT2D eigenvalue weighted by molar-refractivity contribution is 7.10. The third kappa shape index (κ3) is 3.09. The van der Waals surface area contributed by atoms with Crippen LogP contribution in [0, 0.1) is 0 Å². The first-order valence-electron chi connectivity index (χ1n) is 5.97. The van der Waals surface area contributed by atoms with Crippen molar-refractivity contribution >= 4 is 11.3 Å². The Balaban J connectivity index is 2.17. The average Bonchev–Trinajstić information content (AvgIpc) is 2.78. The lowest BCUT2D eigenvalue weighted by Gasteiger charge is -2.09. The summed E-state index contributed by atoms with van der Waals surface area (Å²) in [5.74, 6) is 0.861. The van der Waals surface area contributed by atoms with Gasteiger partial charge in [0.1, 0.15) is 16.9 Å². The molecule has 3 nitrogen and oxygen atoms in total. The largest absolute Gasteiger partial charge is 0.491 e. The molecule has 0 amide bonds. The SMILES string of the molecule is CC(C)Oc1ccc(-c2csc(C(C)O)n2)cc1. The van der Waals surface area contributed by atoms with Crippen molar-refractivity contribution in [3.05, 3.63) is 34.7 Å². The molecule has 96 valence electrons. The van der Waals surface area contributed by atoms with Crippen molar-refractivity contribution in [2.24, 2.45) is 0 Å². The predicted octanol–water partition coefficient (Wildman–Crippen LogP) is 3.65. The fraction of sp³-hybridized carbons (Fsp3) is 0.357. The third-order valence-electron chi connectivity index (χ3n) is 2.40. The molecule has 1 atom stereocenters. The molecule has 0 aliphatic rings. The zero-order valence-electron chi connectivity index (χ0n) is 10.8. The Morgan fingerprint density at radius 3 is 2.33 bits per heavy atom. The smallest absolute Gasteiger partial charge is 0.122 e. The molecule has 0 spiro atoms. The van der Waals surface area contributed by atoms with Crippen LogP contribution in [-0.2, 0) is 0 Å². The van der Waals surface area contributed by atoms with Crippen LogP contribution in [0.15, 0.2) is 29.6 Å². The van der Waals surface area contributed by atoms with E-state index >= 15 is 0 Å². The molecule has 0 fully saturated rings. The van der Waals surface area contributed by atoms with Crippen molar-refractivity contribution < 1.29 is 9.84 Å². The molecule has 1 aromatic carbocycles. The Morgan fingerprint density at radius 2 is 1.83 bits per heavy atom. The fourth-order valence-corrected chi connectivity index (χ4v) is 2.36. The highest BCUT2D eigenvalue weighted by Crippen LogP contribution is 2.26. The van der Waals surface area contributed by atoms with E-state index in [9.17, 15) is 5.11 Å². The molecule has 2 rings (SSSR count). The molecule has 0 aliphatic heterocycles. The van der Waals surface area contributed by atoms with Gasteiger partial charge in [0.15, 0.2) is 0 Å². The lowest BCUT2D eigenvalue weighted by atomic mass is 10.2. The number of benzene rings is 1. The molecule has 0 bridgehead atoms. The highest BCUT2D eigenvalue weighted by Gasteiger charge is 2.08. The first-order valence-corrected chi connectivity index (χ1v) is 6.85. The van der Waals surface area contributed by atoms with E-state index in [0.29, 0.717) is 0 Å². The zero-order valence-corrected chi connectivity index (χ0v) is 11.6. The molecular formula is C14H17NO2S. The second-order valence-electron chi connectivity index (χ2n) is 4.44. The number of aliphatic hydroxyl groups is 1. The molecular weight excluding hydrogens is 246 g/mol. The van der Waals surface area contributed by atoms with Crippen LogP contribution in [0.3, 0.4) is 0 Å². The molecule has 1 heterocycles. The molecule has 1 aromatic heterocycles. The number of ether oxygens (including phenoxy) is 1. The van der Waals surface area contributed by atoms with E-state index in [1.807, 2.05) is 43.5 Å². The number of hydrogen-bond acceptors (Lipinski definition) is 4. The average molecular weight is 263 g/mol. The van der Waals surface area contributed by atoms with Gasteiger partial charge in [-0.15, -0.1) is 11.3 Å². The molecule has 0 radical (unpaired) electrons. The van der Waals surface area contributed by atoms with E-state index in [-0.39, 0.29) is 6.10 Å². The summed E-state index contributed by atoms with van der Waals surface area (Å²) in [5.41, 5.74) is 1.93. The number of aliphatic hydroxyl groups excluding tert-OH is 1. The maximum Gasteiger partial charge on any atom is 0.122 e. The molecule has 1 unspecified atom stereocenters. The number of hydrogen-bond donors (Lipinski definition) is 1. The molecule has 0 saturated carbocycles. The Kier molecular flexibility index (Phi) is 3.99. The summed E-state index contributed by atoms with van der Waals surface area (Å²) < 4.78 is 5.59. The van der Waals surface area contributed by atoms with Gasteiger partial charge in [0.25, 0.3) is 0 Å².